The summed E-state index contributed by atoms with van der Waals surface area (Å²) in [5.74, 6) is 0. The Bertz CT molecular complexity index is 2040. The van der Waals surface area contributed by atoms with Gasteiger partial charge in [0.2, 0.25) is 0 Å². The van der Waals surface area contributed by atoms with Crippen LogP contribution in [0.25, 0.3) is 0 Å². The van der Waals surface area contributed by atoms with E-state index in [1.165, 1.54) is 0 Å². The van der Waals surface area contributed by atoms with Gasteiger partial charge in [-0.1, -0.05) is 164 Å². The van der Waals surface area contributed by atoms with Crippen molar-refractivity contribution in [1.82, 2.24) is 0 Å². The summed E-state index contributed by atoms with van der Waals surface area (Å²) in [6, 6.07) is 49.6. The van der Waals surface area contributed by atoms with E-state index in [4.69, 9.17) is 47.4 Å². The molecule has 7 rings (SSSR count). The van der Waals surface area contributed by atoms with E-state index in [9.17, 15) is 5.11 Å². The third-order valence-corrected chi connectivity index (χ3v) is 11.0. The number of benzene rings is 5. The average Bonchev–Trinajstić information content (AvgIpc) is 3.34. The van der Waals surface area contributed by atoms with Crippen LogP contribution in [0.3, 0.4) is 0 Å². The summed E-state index contributed by atoms with van der Waals surface area (Å²) in [6.45, 7) is 9.45. The molecule has 10 atom stereocenters. The molecular weight excluding hydrogens is 813 g/mol. The summed E-state index contributed by atoms with van der Waals surface area (Å²) in [7, 11) is 0. The molecule has 0 aliphatic carbocycles. The summed E-state index contributed by atoms with van der Waals surface area (Å²) >= 11 is 0. The molecule has 338 valence electrons. The van der Waals surface area contributed by atoms with Crippen LogP contribution in [0.15, 0.2) is 177 Å². The van der Waals surface area contributed by atoms with Crippen LogP contribution in [-0.4, -0.2) is 92.9 Å². The van der Waals surface area contributed by atoms with Crippen LogP contribution in [0.4, 0.5) is 0 Å². The molecule has 5 aromatic carbocycles. The Morgan fingerprint density at radius 1 is 0.391 bits per heavy atom. The first-order valence-corrected chi connectivity index (χ1v) is 21.9. The molecule has 1 N–H and O–H groups in total. The predicted octanol–water partition coefficient (Wildman–Crippen LogP) is 8.15. The Kier molecular flexibility index (Phi) is 18.8. The van der Waals surface area contributed by atoms with E-state index >= 15 is 0 Å². The van der Waals surface area contributed by atoms with Gasteiger partial charge in [-0.05, 0) is 27.8 Å². The normalized spacial score (nSPS) is 25.7. The van der Waals surface area contributed by atoms with E-state index < -0.39 is 61.4 Å². The Hall–Kier alpha value is -4.86. The fourth-order valence-electron chi connectivity index (χ4n) is 7.79. The molecule has 2 aliphatic rings. The summed E-state index contributed by atoms with van der Waals surface area (Å²) in [6.07, 6.45) is -5.28. The topological polar surface area (TPSA) is 113 Å². The number of rotatable bonds is 25. The van der Waals surface area contributed by atoms with Crippen LogP contribution >= 0.6 is 0 Å². The Balaban J connectivity index is 1.21. The molecular formula is C53H60O11. The van der Waals surface area contributed by atoms with E-state index in [0.717, 1.165) is 27.8 Å². The van der Waals surface area contributed by atoms with E-state index in [1.807, 2.05) is 152 Å². The lowest BCUT2D eigenvalue weighted by Crippen LogP contribution is -2.63. The Labute approximate surface area is 377 Å². The quantitative estimate of drug-likeness (QED) is 0.0574. The molecule has 11 heteroatoms. The third-order valence-electron chi connectivity index (χ3n) is 11.0. The lowest BCUT2D eigenvalue weighted by molar-refractivity contribution is -0.347. The molecule has 0 spiro atoms. The van der Waals surface area contributed by atoms with Crippen molar-refractivity contribution in [1.29, 1.82) is 0 Å². The van der Waals surface area contributed by atoms with Crippen LogP contribution in [0, 0.1) is 0 Å². The number of ether oxygens (including phenoxy) is 10. The highest BCUT2D eigenvalue weighted by Gasteiger charge is 2.51. The molecule has 0 unspecified atom stereocenters. The molecule has 0 radical (unpaired) electrons. The van der Waals surface area contributed by atoms with Crippen molar-refractivity contribution in [2.24, 2.45) is 0 Å². The summed E-state index contributed by atoms with van der Waals surface area (Å²) < 4.78 is 66.0. The molecule has 0 aromatic heterocycles. The van der Waals surface area contributed by atoms with E-state index in [2.05, 4.69) is 13.2 Å². The van der Waals surface area contributed by atoms with Gasteiger partial charge in [0.15, 0.2) is 12.6 Å². The van der Waals surface area contributed by atoms with Crippen molar-refractivity contribution in [3.63, 3.8) is 0 Å². The van der Waals surface area contributed by atoms with E-state index in [1.54, 1.807) is 12.2 Å². The molecule has 2 fully saturated rings. The molecule has 2 aliphatic heterocycles. The van der Waals surface area contributed by atoms with Gasteiger partial charge in [-0.2, -0.15) is 0 Å². The minimum Gasteiger partial charge on any atom is -0.374 e. The molecule has 64 heavy (non-hydrogen) atoms. The SMILES string of the molecule is C=CCO[C@@H]1[C@@H](OCC=C)[C@@H](O)O[C@H](CO[C@H]2O[C@H](COCc3ccccc3)[C@@H](OCc3ccccc3)[C@H](OCc3ccccc3)[C@H]2OCc2ccccc2)[C@H]1OCc1ccccc1. The first kappa shape index (κ1) is 47.1. The number of hydrogen-bond acceptors (Lipinski definition) is 11. The molecule has 2 saturated heterocycles. The molecule has 11 nitrogen and oxygen atoms in total. The van der Waals surface area contributed by atoms with Crippen molar-refractivity contribution >= 4 is 0 Å². The van der Waals surface area contributed by atoms with Gasteiger partial charge < -0.3 is 52.5 Å². The standard InChI is InChI=1S/C53H60O11/c1-3-30-56-48-47(59-34-41-24-14-7-15-25-41)45(63-52(54)50(48)57-31-4-2)38-62-53-51(61-36-43-28-18-9-19-29-43)49(60-35-42-26-16-8-17-27-42)46(58-33-40-22-12-6-13-23-40)44(64-53)37-55-32-39-20-10-5-11-21-39/h3-29,44-54H,1-2,30-38H2/t44-,45-,46-,47-,48+,49+,50-,51-,52+,53+/m1/s1. The molecule has 0 saturated carbocycles. The van der Waals surface area contributed by atoms with Crippen molar-refractivity contribution in [3.05, 3.63) is 205 Å². The number of aliphatic hydroxyl groups is 1. The molecule has 5 aromatic rings. The fraction of sp³-hybridized carbons (Fsp3) is 0.358. The number of aliphatic hydroxyl groups excluding tert-OH is 1. The number of hydrogen-bond donors (Lipinski definition) is 1. The van der Waals surface area contributed by atoms with Crippen LogP contribution in [0.2, 0.25) is 0 Å². The summed E-state index contributed by atoms with van der Waals surface area (Å²) in [5.41, 5.74) is 4.90. The second kappa shape index (κ2) is 25.6. The van der Waals surface area contributed by atoms with Gasteiger partial charge in [0.25, 0.3) is 0 Å². The first-order chi connectivity index (χ1) is 31.6. The highest BCUT2D eigenvalue weighted by atomic mass is 16.7. The van der Waals surface area contributed by atoms with Crippen molar-refractivity contribution in [2.45, 2.75) is 94.4 Å². The van der Waals surface area contributed by atoms with Gasteiger partial charge in [0.1, 0.15) is 48.8 Å². The summed E-state index contributed by atoms with van der Waals surface area (Å²) in [4.78, 5) is 0. The molecule has 2 heterocycles. The van der Waals surface area contributed by atoms with Crippen molar-refractivity contribution in [3.8, 4) is 0 Å². The zero-order valence-electron chi connectivity index (χ0n) is 36.2. The van der Waals surface area contributed by atoms with Crippen LogP contribution in [0.1, 0.15) is 27.8 Å². The van der Waals surface area contributed by atoms with Crippen LogP contribution in [-0.2, 0) is 80.4 Å². The second-order valence-corrected chi connectivity index (χ2v) is 15.7. The van der Waals surface area contributed by atoms with Gasteiger partial charge >= 0.3 is 0 Å². The van der Waals surface area contributed by atoms with Crippen molar-refractivity contribution in [2.75, 3.05) is 26.4 Å². The van der Waals surface area contributed by atoms with Gasteiger partial charge in [0.05, 0.1) is 59.5 Å². The van der Waals surface area contributed by atoms with Crippen LogP contribution < -0.4 is 0 Å². The second-order valence-electron chi connectivity index (χ2n) is 15.7. The Morgan fingerprint density at radius 3 is 1.19 bits per heavy atom. The van der Waals surface area contributed by atoms with Gasteiger partial charge in [-0.25, -0.2) is 0 Å². The fourth-order valence-corrected chi connectivity index (χ4v) is 7.79. The van der Waals surface area contributed by atoms with Crippen LogP contribution in [0.5, 0.6) is 0 Å². The first-order valence-electron chi connectivity index (χ1n) is 21.9. The maximum absolute atomic E-state index is 11.5. The van der Waals surface area contributed by atoms with Gasteiger partial charge in [-0.15, -0.1) is 13.2 Å². The Morgan fingerprint density at radius 2 is 0.750 bits per heavy atom. The predicted molar refractivity (Wildman–Crippen MR) is 242 cm³/mol. The largest absolute Gasteiger partial charge is 0.374 e. The van der Waals surface area contributed by atoms with Crippen molar-refractivity contribution < 1.29 is 52.5 Å². The van der Waals surface area contributed by atoms with Gasteiger partial charge in [-0.3, -0.25) is 0 Å². The molecule has 0 bridgehead atoms. The highest BCUT2D eigenvalue weighted by molar-refractivity contribution is 5.17. The zero-order chi connectivity index (χ0) is 44.2. The molecule has 0 amide bonds. The average molecular weight is 873 g/mol. The monoisotopic (exact) mass is 872 g/mol. The minimum atomic E-state index is -1.38. The lowest BCUT2D eigenvalue weighted by Gasteiger charge is -2.47. The van der Waals surface area contributed by atoms with E-state index in [-0.39, 0.29) is 46.2 Å². The third kappa shape index (κ3) is 13.8. The zero-order valence-corrected chi connectivity index (χ0v) is 36.2. The van der Waals surface area contributed by atoms with Gasteiger partial charge in [0, 0.05) is 0 Å². The smallest absolute Gasteiger partial charge is 0.187 e. The van der Waals surface area contributed by atoms with E-state index in [0.29, 0.717) is 13.2 Å². The minimum absolute atomic E-state index is 0.0902. The highest BCUT2D eigenvalue weighted by Crippen LogP contribution is 2.34. The lowest BCUT2D eigenvalue weighted by atomic mass is 9.97. The maximum atomic E-state index is 11.5. The summed E-state index contributed by atoms with van der Waals surface area (Å²) in [5, 5.41) is 11.5. The maximum Gasteiger partial charge on any atom is 0.187 e.